The molecule has 140 valence electrons. The van der Waals surface area contributed by atoms with Crippen LogP contribution in [-0.2, 0) is 14.3 Å². The number of aliphatic imine (C=N–C) groups is 1. The van der Waals surface area contributed by atoms with E-state index in [4.69, 9.17) is 9.47 Å². The van der Waals surface area contributed by atoms with Gasteiger partial charge in [0.1, 0.15) is 11.0 Å². The van der Waals surface area contributed by atoms with Gasteiger partial charge >= 0.3 is 0 Å². The minimum Gasteiger partial charge on any atom is -0.495 e. The van der Waals surface area contributed by atoms with Crippen LogP contribution in [0.15, 0.2) is 23.2 Å². The standard InChI is InChI=1S/C15H18N4O6S/c1-24-6-5-16-15-18-14(21)12(26-15)8-13(20)17-10-7-9(19(22)23)3-4-11(10)25-2/h3-4,7,12H,5-6,8H2,1-2H3,(H,17,20)(H,16,18,21). The van der Waals surface area contributed by atoms with E-state index >= 15 is 0 Å². The minimum absolute atomic E-state index is 0.106. The fourth-order valence-corrected chi connectivity index (χ4v) is 3.13. The van der Waals surface area contributed by atoms with Crippen LogP contribution in [0.5, 0.6) is 5.75 Å². The van der Waals surface area contributed by atoms with Crippen molar-refractivity contribution >= 4 is 40.1 Å². The first kappa shape index (κ1) is 19.7. The number of thioether (sulfide) groups is 1. The Labute approximate surface area is 153 Å². The molecule has 0 aliphatic carbocycles. The number of amides is 2. The van der Waals surface area contributed by atoms with Crippen LogP contribution in [0.3, 0.4) is 0 Å². The molecule has 1 aromatic carbocycles. The summed E-state index contributed by atoms with van der Waals surface area (Å²) in [6.45, 7) is 0.834. The summed E-state index contributed by atoms with van der Waals surface area (Å²) in [7, 11) is 2.94. The Bertz CT molecular complexity index is 739. The van der Waals surface area contributed by atoms with Crippen LogP contribution in [0.1, 0.15) is 6.42 Å². The monoisotopic (exact) mass is 382 g/mol. The normalized spacial score (nSPS) is 17.8. The third kappa shape index (κ3) is 5.17. The lowest BCUT2D eigenvalue weighted by atomic mass is 10.2. The predicted molar refractivity (Wildman–Crippen MR) is 96.6 cm³/mol. The number of carbonyl (C=O) groups excluding carboxylic acids is 2. The van der Waals surface area contributed by atoms with Gasteiger partial charge < -0.3 is 20.1 Å². The third-order valence-corrected chi connectivity index (χ3v) is 4.49. The number of amidine groups is 1. The van der Waals surface area contributed by atoms with Crippen LogP contribution in [0.25, 0.3) is 0 Å². The van der Waals surface area contributed by atoms with E-state index in [1.807, 2.05) is 0 Å². The number of nitro benzene ring substituents is 1. The summed E-state index contributed by atoms with van der Waals surface area (Å²) in [6.07, 6.45) is -0.106. The van der Waals surface area contributed by atoms with Crippen LogP contribution >= 0.6 is 11.8 Å². The molecular weight excluding hydrogens is 364 g/mol. The zero-order valence-corrected chi connectivity index (χ0v) is 15.0. The summed E-state index contributed by atoms with van der Waals surface area (Å²) in [5.74, 6) is -0.490. The molecule has 1 unspecified atom stereocenters. The van der Waals surface area contributed by atoms with Crippen LogP contribution in [0.4, 0.5) is 11.4 Å². The van der Waals surface area contributed by atoms with Crippen LogP contribution in [-0.4, -0.2) is 54.5 Å². The molecule has 1 saturated heterocycles. The van der Waals surface area contributed by atoms with Crippen molar-refractivity contribution in [2.45, 2.75) is 11.7 Å². The van der Waals surface area contributed by atoms with Crippen molar-refractivity contribution in [3.05, 3.63) is 28.3 Å². The van der Waals surface area contributed by atoms with E-state index in [2.05, 4.69) is 15.6 Å². The summed E-state index contributed by atoms with van der Waals surface area (Å²) in [5.41, 5.74) is -0.00858. The van der Waals surface area contributed by atoms with Gasteiger partial charge in [-0.3, -0.25) is 24.7 Å². The van der Waals surface area contributed by atoms with Gasteiger partial charge in [0, 0.05) is 25.7 Å². The fourth-order valence-electron chi connectivity index (χ4n) is 2.13. The zero-order chi connectivity index (χ0) is 19.1. The minimum atomic E-state index is -0.624. The van der Waals surface area contributed by atoms with Crippen LogP contribution in [0.2, 0.25) is 0 Å². The molecule has 1 aliphatic heterocycles. The van der Waals surface area contributed by atoms with Crippen molar-refractivity contribution in [1.29, 1.82) is 0 Å². The topological polar surface area (TPSA) is 132 Å². The number of nitrogens with zero attached hydrogens (tertiary/aromatic N) is 2. The van der Waals surface area contributed by atoms with Crippen molar-refractivity contribution in [3.8, 4) is 5.75 Å². The Morgan fingerprint density at radius 3 is 2.88 bits per heavy atom. The maximum absolute atomic E-state index is 12.2. The SMILES string of the molecule is COCCN=C1NC(=O)C(CC(=O)Nc2cc([N+](=O)[O-])ccc2OC)S1. The smallest absolute Gasteiger partial charge is 0.271 e. The first-order valence-electron chi connectivity index (χ1n) is 7.57. The first-order valence-corrected chi connectivity index (χ1v) is 8.45. The number of hydrogen-bond acceptors (Lipinski definition) is 8. The lowest BCUT2D eigenvalue weighted by Gasteiger charge is -2.11. The van der Waals surface area contributed by atoms with E-state index in [0.29, 0.717) is 18.3 Å². The van der Waals surface area contributed by atoms with Crippen molar-refractivity contribution < 1.29 is 24.0 Å². The van der Waals surface area contributed by atoms with Gasteiger partial charge in [-0.05, 0) is 6.07 Å². The van der Waals surface area contributed by atoms with Crippen LogP contribution in [0, 0.1) is 10.1 Å². The highest BCUT2D eigenvalue weighted by Gasteiger charge is 2.32. The molecule has 0 saturated carbocycles. The second-order valence-electron chi connectivity index (χ2n) is 5.17. The number of anilines is 1. The van der Waals surface area contributed by atoms with Gasteiger partial charge in [0.15, 0.2) is 5.17 Å². The highest BCUT2D eigenvalue weighted by Crippen LogP contribution is 2.30. The number of methoxy groups -OCH3 is 2. The summed E-state index contributed by atoms with van der Waals surface area (Å²) in [6, 6.07) is 3.87. The molecule has 1 aliphatic rings. The highest BCUT2D eigenvalue weighted by molar-refractivity contribution is 8.15. The van der Waals surface area contributed by atoms with E-state index in [9.17, 15) is 19.7 Å². The van der Waals surface area contributed by atoms with E-state index in [-0.39, 0.29) is 29.5 Å². The summed E-state index contributed by atoms with van der Waals surface area (Å²) < 4.78 is 9.97. The van der Waals surface area contributed by atoms with E-state index in [1.54, 1.807) is 7.11 Å². The molecule has 0 spiro atoms. The number of benzene rings is 1. The molecule has 0 bridgehead atoms. The predicted octanol–water partition coefficient (Wildman–Crippen LogP) is 1.17. The molecule has 1 fully saturated rings. The number of rotatable bonds is 8. The summed E-state index contributed by atoms with van der Waals surface area (Å²) in [4.78, 5) is 38.6. The van der Waals surface area contributed by atoms with Gasteiger partial charge in [-0.15, -0.1) is 0 Å². The van der Waals surface area contributed by atoms with Crippen molar-refractivity contribution in [3.63, 3.8) is 0 Å². The van der Waals surface area contributed by atoms with Crippen molar-refractivity contribution in [2.75, 3.05) is 32.7 Å². The number of carbonyl (C=O) groups is 2. The van der Waals surface area contributed by atoms with Crippen molar-refractivity contribution in [1.82, 2.24) is 5.32 Å². The van der Waals surface area contributed by atoms with Crippen molar-refractivity contribution in [2.24, 2.45) is 4.99 Å². The van der Waals surface area contributed by atoms with Gasteiger partial charge in [-0.1, -0.05) is 11.8 Å². The molecule has 26 heavy (non-hydrogen) atoms. The summed E-state index contributed by atoms with van der Waals surface area (Å²) >= 11 is 1.16. The molecule has 1 aromatic rings. The van der Waals surface area contributed by atoms with Gasteiger partial charge in [0.05, 0.1) is 30.9 Å². The number of nitro groups is 1. The number of hydrogen-bond donors (Lipinski definition) is 2. The third-order valence-electron chi connectivity index (χ3n) is 3.37. The van der Waals surface area contributed by atoms with Crippen LogP contribution < -0.4 is 15.4 Å². The Hall–Kier alpha value is -2.66. The van der Waals surface area contributed by atoms with E-state index in [1.165, 1.54) is 25.3 Å². The molecule has 2 amide bonds. The maximum atomic E-state index is 12.2. The quantitative estimate of drug-likeness (QED) is 0.392. The molecule has 0 radical (unpaired) electrons. The molecule has 11 heteroatoms. The first-order chi connectivity index (χ1) is 12.4. The van der Waals surface area contributed by atoms with E-state index in [0.717, 1.165) is 11.8 Å². The number of non-ortho nitro benzene ring substituents is 1. The Balaban J connectivity index is 2.00. The highest BCUT2D eigenvalue weighted by atomic mass is 32.2. The Kier molecular flexibility index (Phi) is 6.92. The summed E-state index contributed by atoms with van der Waals surface area (Å²) in [5, 5.41) is 15.8. The van der Waals surface area contributed by atoms with Gasteiger partial charge in [-0.2, -0.15) is 0 Å². The zero-order valence-electron chi connectivity index (χ0n) is 14.2. The lowest BCUT2D eigenvalue weighted by molar-refractivity contribution is -0.384. The molecule has 2 N–H and O–H groups in total. The molecular formula is C15H18N4O6S. The fraction of sp³-hybridized carbons (Fsp3) is 0.400. The lowest BCUT2D eigenvalue weighted by Crippen LogP contribution is -2.28. The number of ether oxygens (including phenoxy) is 2. The molecule has 10 nitrogen and oxygen atoms in total. The molecule has 1 atom stereocenters. The Morgan fingerprint density at radius 1 is 1.46 bits per heavy atom. The van der Waals surface area contributed by atoms with Gasteiger partial charge in [0.25, 0.3) is 5.69 Å². The Morgan fingerprint density at radius 2 is 2.23 bits per heavy atom. The van der Waals surface area contributed by atoms with E-state index < -0.39 is 16.1 Å². The van der Waals surface area contributed by atoms with Gasteiger partial charge in [0.2, 0.25) is 11.8 Å². The average molecular weight is 382 g/mol. The number of nitrogens with one attached hydrogen (secondary N) is 2. The molecule has 0 aromatic heterocycles. The van der Waals surface area contributed by atoms with Gasteiger partial charge in [-0.25, -0.2) is 0 Å². The molecule has 1 heterocycles. The average Bonchev–Trinajstić information content (AvgIpc) is 2.94. The largest absolute Gasteiger partial charge is 0.495 e. The maximum Gasteiger partial charge on any atom is 0.271 e. The molecule has 2 rings (SSSR count). The second kappa shape index (κ2) is 9.15. The second-order valence-corrected chi connectivity index (χ2v) is 6.36.